The summed E-state index contributed by atoms with van der Waals surface area (Å²) in [6.07, 6.45) is 1.30. The van der Waals surface area contributed by atoms with E-state index in [1.54, 1.807) is 7.11 Å². The number of ether oxygens (including phenoxy) is 1. The lowest BCUT2D eigenvalue weighted by Crippen LogP contribution is -2.33. The first-order valence-corrected chi connectivity index (χ1v) is 8.05. The number of aryl methyl sites for hydroxylation is 2. The maximum atomic E-state index is 12.6. The average molecular weight is 311 g/mol. The van der Waals surface area contributed by atoms with Gasteiger partial charge < -0.3 is 9.64 Å². The van der Waals surface area contributed by atoms with Crippen LogP contribution in [0.1, 0.15) is 23.1 Å². The van der Waals surface area contributed by atoms with Crippen molar-refractivity contribution in [2.24, 2.45) is 0 Å². The summed E-state index contributed by atoms with van der Waals surface area (Å²) in [5.41, 5.74) is 3.59. The van der Waals surface area contributed by atoms with E-state index in [0.717, 1.165) is 12.0 Å². The fraction of sp³-hybridized carbons (Fsp3) is 0.350. The highest BCUT2D eigenvalue weighted by atomic mass is 16.5. The molecule has 3 nitrogen and oxygen atoms in total. The van der Waals surface area contributed by atoms with Gasteiger partial charge in [0.15, 0.2) is 0 Å². The number of hydrogen-bond acceptors (Lipinski definition) is 2. The molecule has 0 unspecified atom stereocenters. The van der Waals surface area contributed by atoms with Crippen molar-refractivity contribution in [3.8, 4) is 0 Å². The van der Waals surface area contributed by atoms with Gasteiger partial charge in [-0.3, -0.25) is 4.79 Å². The SMILES string of the molecule is COCCN(Cc1ccccc1)C(=O)CCc1cccc(C)c1. The summed E-state index contributed by atoms with van der Waals surface area (Å²) in [5.74, 6) is 0.174. The molecule has 1 amide bonds. The van der Waals surface area contributed by atoms with Crippen molar-refractivity contribution >= 4 is 5.91 Å². The fourth-order valence-corrected chi connectivity index (χ4v) is 2.57. The Morgan fingerprint density at radius 3 is 2.48 bits per heavy atom. The number of benzene rings is 2. The van der Waals surface area contributed by atoms with Crippen LogP contribution in [0.3, 0.4) is 0 Å². The van der Waals surface area contributed by atoms with Gasteiger partial charge in [-0.15, -0.1) is 0 Å². The van der Waals surface area contributed by atoms with Gasteiger partial charge in [-0.05, 0) is 24.5 Å². The molecule has 0 saturated heterocycles. The van der Waals surface area contributed by atoms with Gasteiger partial charge in [-0.2, -0.15) is 0 Å². The van der Waals surface area contributed by atoms with Crippen molar-refractivity contribution in [2.75, 3.05) is 20.3 Å². The van der Waals surface area contributed by atoms with Crippen molar-refractivity contribution in [1.29, 1.82) is 0 Å². The van der Waals surface area contributed by atoms with E-state index in [9.17, 15) is 4.79 Å². The first-order valence-electron chi connectivity index (χ1n) is 8.05. The van der Waals surface area contributed by atoms with Crippen LogP contribution in [-0.4, -0.2) is 31.1 Å². The molecule has 0 aliphatic carbocycles. The average Bonchev–Trinajstić information content (AvgIpc) is 2.57. The van der Waals surface area contributed by atoms with Crippen molar-refractivity contribution in [3.05, 3.63) is 71.3 Å². The van der Waals surface area contributed by atoms with Crippen LogP contribution in [-0.2, 0) is 22.5 Å². The Morgan fingerprint density at radius 2 is 1.78 bits per heavy atom. The van der Waals surface area contributed by atoms with Crippen molar-refractivity contribution < 1.29 is 9.53 Å². The molecule has 0 fully saturated rings. The van der Waals surface area contributed by atoms with Crippen molar-refractivity contribution in [3.63, 3.8) is 0 Å². The Kier molecular flexibility index (Phi) is 6.82. The minimum absolute atomic E-state index is 0.174. The molecule has 0 aliphatic rings. The molecule has 0 saturated carbocycles. The molecule has 0 N–H and O–H groups in total. The van der Waals surface area contributed by atoms with Gasteiger partial charge in [0, 0.05) is 26.6 Å². The summed E-state index contributed by atoms with van der Waals surface area (Å²) in [4.78, 5) is 14.5. The van der Waals surface area contributed by atoms with E-state index in [4.69, 9.17) is 4.74 Å². The van der Waals surface area contributed by atoms with Gasteiger partial charge in [-0.1, -0.05) is 60.2 Å². The van der Waals surface area contributed by atoms with Crippen molar-refractivity contribution in [2.45, 2.75) is 26.3 Å². The highest BCUT2D eigenvalue weighted by Gasteiger charge is 2.13. The Morgan fingerprint density at radius 1 is 1.04 bits per heavy atom. The van der Waals surface area contributed by atoms with Crippen LogP contribution in [0.4, 0.5) is 0 Å². The molecule has 0 radical (unpaired) electrons. The number of methoxy groups -OCH3 is 1. The maximum Gasteiger partial charge on any atom is 0.223 e. The first-order chi connectivity index (χ1) is 11.2. The summed E-state index contributed by atoms with van der Waals surface area (Å²) < 4.78 is 5.14. The normalized spacial score (nSPS) is 10.5. The molecule has 0 heterocycles. The number of carbonyl (C=O) groups excluding carboxylic acids is 1. The molecule has 2 aromatic rings. The van der Waals surface area contributed by atoms with Crippen molar-refractivity contribution in [1.82, 2.24) is 4.90 Å². The maximum absolute atomic E-state index is 12.6. The Bertz CT molecular complexity index is 610. The van der Waals surface area contributed by atoms with E-state index in [1.807, 2.05) is 41.3 Å². The molecular formula is C20H25NO2. The molecule has 23 heavy (non-hydrogen) atoms. The smallest absolute Gasteiger partial charge is 0.223 e. The van der Waals surface area contributed by atoms with Gasteiger partial charge >= 0.3 is 0 Å². The predicted octanol–water partition coefficient (Wildman–Crippen LogP) is 3.60. The van der Waals surface area contributed by atoms with Gasteiger partial charge in [0.25, 0.3) is 0 Å². The Balaban J connectivity index is 1.95. The van der Waals surface area contributed by atoms with E-state index >= 15 is 0 Å². The highest BCUT2D eigenvalue weighted by Crippen LogP contribution is 2.10. The molecule has 2 rings (SSSR count). The largest absolute Gasteiger partial charge is 0.383 e. The van der Waals surface area contributed by atoms with Gasteiger partial charge in [0.05, 0.1) is 6.61 Å². The zero-order valence-electron chi connectivity index (χ0n) is 14.0. The van der Waals surface area contributed by atoms with Gasteiger partial charge in [0.2, 0.25) is 5.91 Å². The van der Waals surface area contributed by atoms with Crippen LogP contribution in [0.25, 0.3) is 0 Å². The number of rotatable bonds is 8. The minimum Gasteiger partial charge on any atom is -0.383 e. The Hall–Kier alpha value is -2.13. The molecule has 0 atom stereocenters. The molecule has 3 heteroatoms. The zero-order valence-corrected chi connectivity index (χ0v) is 14.0. The molecule has 2 aromatic carbocycles. The Labute approximate surface area is 138 Å². The second-order valence-electron chi connectivity index (χ2n) is 5.78. The van der Waals surface area contributed by atoms with Crippen LogP contribution in [0.5, 0.6) is 0 Å². The monoisotopic (exact) mass is 311 g/mol. The van der Waals surface area contributed by atoms with Crippen LogP contribution in [0.2, 0.25) is 0 Å². The highest BCUT2D eigenvalue weighted by molar-refractivity contribution is 5.76. The summed E-state index contributed by atoms with van der Waals surface area (Å²) in [7, 11) is 1.66. The third kappa shape index (κ3) is 5.87. The lowest BCUT2D eigenvalue weighted by atomic mass is 10.1. The van der Waals surface area contributed by atoms with E-state index < -0.39 is 0 Å². The third-order valence-corrected chi connectivity index (χ3v) is 3.84. The van der Waals surface area contributed by atoms with Gasteiger partial charge in [0.1, 0.15) is 0 Å². The second kappa shape index (κ2) is 9.11. The fourth-order valence-electron chi connectivity index (χ4n) is 2.57. The lowest BCUT2D eigenvalue weighted by Gasteiger charge is -2.22. The predicted molar refractivity (Wildman–Crippen MR) is 93.2 cm³/mol. The van der Waals surface area contributed by atoms with Crippen LogP contribution in [0, 0.1) is 6.92 Å². The second-order valence-corrected chi connectivity index (χ2v) is 5.78. The topological polar surface area (TPSA) is 29.5 Å². The number of hydrogen-bond donors (Lipinski definition) is 0. The third-order valence-electron chi connectivity index (χ3n) is 3.84. The molecule has 122 valence electrons. The summed E-state index contributed by atoms with van der Waals surface area (Å²) in [6, 6.07) is 18.4. The summed E-state index contributed by atoms with van der Waals surface area (Å²) in [5, 5.41) is 0. The van der Waals surface area contributed by atoms with Crippen LogP contribution in [0.15, 0.2) is 54.6 Å². The van der Waals surface area contributed by atoms with E-state index in [1.165, 1.54) is 11.1 Å². The first kappa shape index (κ1) is 17.2. The lowest BCUT2D eigenvalue weighted by molar-refractivity contribution is -0.132. The molecule has 0 spiro atoms. The minimum atomic E-state index is 0.174. The van der Waals surface area contributed by atoms with Gasteiger partial charge in [-0.25, -0.2) is 0 Å². The van der Waals surface area contributed by atoms with E-state index in [-0.39, 0.29) is 5.91 Å². The quantitative estimate of drug-likeness (QED) is 0.745. The zero-order chi connectivity index (χ0) is 16.5. The number of carbonyl (C=O) groups is 1. The standard InChI is InChI=1S/C20H25NO2/c1-17-7-6-10-18(15-17)11-12-20(22)21(13-14-23-2)16-19-8-4-3-5-9-19/h3-10,15H,11-14,16H2,1-2H3. The van der Waals surface area contributed by atoms with Crippen LogP contribution < -0.4 is 0 Å². The number of amides is 1. The molecule has 0 bridgehead atoms. The summed E-state index contributed by atoms with van der Waals surface area (Å²) >= 11 is 0. The summed E-state index contributed by atoms with van der Waals surface area (Å²) in [6.45, 7) is 3.89. The number of nitrogens with zero attached hydrogens (tertiary/aromatic N) is 1. The molecule has 0 aliphatic heterocycles. The molecule has 0 aromatic heterocycles. The van der Waals surface area contributed by atoms with Crippen LogP contribution >= 0.6 is 0 Å². The van der Waals surface area contributed by atoms with E-state index in [0.29, 0.717) is 26.1 Å². The van der Waals surface area contributed by atoms with E-state index in [2.05, 4.69) is 25.1 Å². The molecular weight excluding hydrogens is 286 g/mol.